The van der Waals surface area contributed by atoms with Crippen LogP contribution in [0.3, 0.4) is 0 Å². The maximum absolute atomic E-state index is 5.98. The van der Waals surface area contributed by atoms with Crippen molar-refractivity contribution in [2.75, 3.05) is 7.11 Å². The Morgan fingerprint density at radius 1 is 1.06 bits per heavy atom. The summed E-state index contributed by atoms with van der Waals surface area (Å²) in [5.74, 6) is 0.710. The first-order valence-corrected chi connectivity index (χ1v) is 7.23. The summed E-state index contributed by atoms with van der Waals surface area (Å²) in [6.07, 6.45) is 0. The lowest BCUT2D eigenvalue weighted by Gasteiger charge is -2.06. The van der Waals surface area contributed by atoms with Crippen LogP contribution in [-0.2, 0) is 0 Å². The molecule has 0 N–H and O–H groups in total. The molecular formula is C13H10ClIOS. The van der Waals surface area contributed by atoms with E-state index in [1.54, 1.807) is 18.9 Å². The lowest BCUT2D eigenvalue weighted by Crippen LogP contribution is -1.84. The number of methoxy groups -OCH3 is 1. The number of benzene rings is 2. The van der Waals surface area contributed by atoms with E-state index in [2.05, 4.69) is 46.9 Å². The van der Waals surface area contributed by atoms with Gasteiger partial charge < -0.3 is 4.74 Å². The summed E-state index contributed by atoms with van der Waals surface area (Å²) in [6.45, 7) is 0. The molecule has 0 heterocycles. The average molecular weight is 377 g/mol. The van der Waals surface area contributed by atoms with E-state index in [4.69, 9.17) is 16.3 Å². The molecule has 0 unspecified atom stereocenters. The Bertz CT molecular complexity index is 513. The third kappa shape index (κ3) is 3.53. The van der Waals surface area contributed by atoms with Gasteiger partial charge in [0, 0.05) is 13.4 Å². The van der Waals surface area contributed by atoms with E-state index in [9.17, 15) is 0 Å². The number of ether oxygens (including phenoxy) is 1. The quantitative estimate of drug-likeness (QED) is 0.689. The highest BCUT2D eigenvalue weighted by Crippen LogP contribution is 2.33. The molecule has 0 saturated heterocycles. The predicted octanol–water partition coefficient (Wildman–Crippen LogP) is 5.10. The van der Waals surface area contributed by atoms with Gasteiger partial charge in [-0.3, -0.25) is 0 Å². The average Bonchev–Trinajstić information content (AvgIpc) is 2.34. The van der Waals surface area contributed by atoms with Crippen LogP contribution < -0.4 is 4.74 Å². The maximum atomic E-state index is 5.98. The van der Waals surface area contributed by atoms with Crippen molar-refractivity contribution in [1.82, 2.24) is 0 Å². The zero-order chi connectivity index (χ0) is 12.3. The molecule has 0 aliphatic rings. The van der Waals surface area contributed by atoms with Crippen LogP contribution in [0.5, 0.6) is 5.75 Å². The Kier molecular flexibility index (Phi) is 4.59. The van der Waals surface area contributed by atoms with E-state index >= 15 is 0 Å². The third-order valence-electron chi connectivity index (χ3n) is 2.17. The van der Waals surface area contributed by atoms with Crippen molar-refractivity contribution < 1.29 is 4.74 Å². The molecule has 88 valence electrons. The Hall–Kier alpha value is -0.390. The Balaban J connectivity index is 2.21. The number of hydrogen-bond acceptors (Lipinski definition) is 2. The molecule has 2 aromatic carbocycles. The van der Waals surface area contributed by atoms with Crippen molar-refractivity contribution in [3.63, 3.8) is 0 Å². The largest absolute Gasteiger partial charge is 0.495 e. The molecule has 2 rings (SSSR count). The zero-order valence-corrected chi connectivity index (χ0v) is 12.8. The molecule has 0 aliphatic heterocycles. The Morgan fingerprint density at radius 3 is 2.35 bits per heavy atom. The number of hydrogen-bond donors (Lipinski definition) is 0. The number of rotatable bonds is 3. The van der Waals surface area contributed by atoms with E-state index in [0.717, 1.165) is 4.90 Å². The van der Waals surface area contributed by atoms with Crippen molar-refractivity contribution in [2.45, 2.75) is 9.79 Å². The molecule has 0 aromatic heterocycles. The van der Waals surface area contributed by atoms with Gasteiger partial charge in [0.25, 0.3) is 0 Å². The molecular weight excluding hydrogens is 367 g/mol. The lowest BCUT2D eigenvalue weighted by atomic mass is 10.3. The zero-order valence-electron chi connectivity index (χ0n) is 9.11. The van der Waals surface area contributed by atoms with Crippen LogP contribution in [0.25, 0.3) is 0 Å². The van der Waals surface area contributed by atoms with Gasteiger partial charge in [0.2, 0.25) is 0 Å². The van der Waals surface area contributed by atoms with Crippen LogP contribution >= 0.6 is 46.0 Å². The molecule has 0 aliphatic carbocycles. The smallest absolute Gasteiger partial charge is 0.138 e. The summed E-state index contributed by atoms with van der Waals surface area (Å²) in [5.41, 5.74) is 0. The van der Waals surface area contributed by atoms with Crippen LogP contribution in [0.15, 0.2) is 52.3 Å². The minimum Gasteiger partial charge on any atom is -0.495 e. The molecule has 4 heteroatoms. The Labute approximate surface area is 124 Å². The summed E-state index contributed by atoms with van der Waals surface area (Å²) >= 11 is 9.97. The standard InChI is InChI=1S/C13H10ClIOS/c1-16-13-8-11(6-7-12(13)14)17-10-4-2-9(15)3-5-10/h2-8H,1H3. The van der Waals surface area contributed by atoms with E-state index in [1.807, 2.05) is 18.2 Å². The van der Waals surface area contributed by atoms with Gasteiger partial charge in [-0.05, 0) is 65.1 Å². The summed E-state index contributed by atoms with van der Waals surface area (Å²) in [5, 5.41) is 0.638. The summed E-state index contributed by atoms with van der Waals surface area (Å²) in [6, 6.07) is 14.2. The predicted molar refractivity (Wildman–Crippen MR) is 81.3 cm³/mol. The normalized spacial score (nSPS) is 10.3. The summed E-state index contributed by atoms with van der Waals surface area (Å²) in [4.78, 5) is 2.32. The highest BCUT2D eigenvalue weighted by molar-refractivity contribution is 14.1. The van der Waals surface area contributed by atoms with Crippen molar-refractivity contribution in [2.24, 2.45) is 0 Å². The second-order valence-corrected chi connectivity index (χ2v) is 6.15. The fourth-order valence-electron chi connectivity index (χ4n) is 1.34. The van der Waals surface area contributed by atoms with Gasteiger partial charge in [0.1, 0.15) is 5.75 Å². The van der Waals surface area contributed by atoms with Crippen LogP contribution in [0.4, 0.5) is 0 Å². The second-order valence-electron chi connectivity index (χ2n) is 3.35. The molecule has 2 aromatic rings. The highest BCUT2D eigenvalue weighted by Gasteiger charge is 2.03. The minimum atomic E-state index is 0.638. The van der Waals surface area contributed by atoms with Gasteiger partial charge in [-0.2, -0.15) is 0 Å². The summed E-state index contributed by atoms with van der Waals surface area (Å²) in [7, 11) is 1.63. The van der Waals surface area contributed by atoms with Gasteiger partial charge in [-0.15, -0.1) is 0 Å². The maximum Gasteiger partial charge on any atom is 0.138 e. The molecule has 0 radical (unpaired) electrons. The van der Waals surface area contributed by atoms with Gasteiger partial charge >= 0.3 is 0 Å². The van der Waals surface area contributed by atoms with E-state index in [1.165, 1.54) is 8.47 Å². The first-order valence-electron chi connectivity index (χ1n) is 4.96. The van der Waals surface area contributed by atoms with Gasteiger partial charge in [0.05, 0.1) is 12.1 Å². The fourth-order valence-corrected chi connectivity index (χ4v) is 2.74. The van der Waals surface area contributed by atoms with Gasteiger partial charge in [0.15, 0.2) is 0 Å². The second kappa shape index (κ2) is 5.98. The molecule has 0 spiro atoms. The summed E-state index contributed by atoms with van der Waals surface area (Å²) < 4.78 is 6.43. The van der Waals surface area contributed by atoms with Gasteiger partial charge in [-0.25, -0.2) is 0 Å². The molecule has 0 atom stereocenters. The van der Waals surface area contributed by atoms with Crippen LogP contribution in [0.1, 0.15) is 0 Å². The van der Waals surface area contributed by atoms with Crippen LogP contribution in [0, 0.1) is 3.57 Å². The van der Waals surface area contributed by atoms with Gasteiger partial charge in [-0.1, -0.05) is 23.4 Å². The van der Waals surface area contributed by atoms with E-state index in [-0.39, 0.29) is 0 Å². The van der Waals surface area contributed by atoms with Crippen molar-refractivity contribution in [3.8, 4) is 5.75 Å². The molecule has 0 bridgehead atoms. The fraction of sp³-hybridized carbons (Fsp3) is 0.0769. The topological polar surface area (TPSA) is 9.23 Å². The third-order valence-corrected chi connectivity index (χ3v) is 4.20. The highest BCUT2D eigenvalue weighted by atomic mass is 127. The van der Waals surface area contributed by atoms with Crippen molar-refractivity contribution in [1.29, 1.82) is 0 Å². The first-order chi connectivity index (χ1) is 8.19. The monoisotopic (exact) mass is 376 g/mol. The molecule has 0 amide bonds. The molecule has 0 saturated carbocycles. The first kappa shape index (κ1) is 13.1. The number of halogens is 2. The SMILES string of the molecule is COc1cc(Sc2ccc(I)cc2)ccc1Cl. The Morgan fingerprint density at radius 2 is 1.71 bits per heavy atom. The van der Waals surface area contributed by atoms with E-state index in [0.29, 0.717) is 10.8 Å². The van der Waals surface area contributed by atoms with Crippen molar-refractivity contribution >= 4 is 46.0 Å². The van der Waals surface area contributed by atoms with Crippen LogP contribution in [0.2, 0.25) is 5.02 Å². The molecule has 0 fully saturated rings. The lowest BCUT2D eigenvalue weighted by molar-refractivity contribution is 0.414. The molecule has 1 nitrogen and oxygen atoms in total. The minimum absolute atomic E-state index is 0.638. The molecule has 17 heavy (non-hydrogen) atoms. The van der Waals surface area contributed by atoms with E-state index < -0.39 is 0 Å². The van der Waals surface area contributed by atoms with Crippen LogP contribution in [-0.4, -0.2) is 7.11 Å². The van der Waals surface area contributed by atoms with Crippen molar-refractivity contribution in [3.05, 3.63) is 51.1 Å².